The zero-order valence-electron chi connectivity index (χ0n) is 9.49. The van der Waals surface area contributed by atoms with Crippen LogP contribution < -0.4 is 0 Å². The molecule has 1 aromatic carbocycles. The number of phenolic OH excluding ortho intramolecular Hbond substituents is 1. The molecule has 1 N–H and O–H groups in total. The van der Waals surface area contributed by atoms with E-state index in [1.807, 2.05) is 0 Å². The predicted octanol–water partition coefficient (Wildman–Crippen LogP) is 2.55. The van der Waals surface area contributed by atoms with Crippen molar-refractivity contribution in [3.63, 3.8) is 0 Å². The summed E-state index contributed by atoms with van der Waals surface area (Å²) in [6.45, 7) is 0. The Morgan fingerprint density at radius 1 is 1.21 bits per heavy atom. The highest BCUT2D eigenvalue weighted by molar-refractivity contribution is 6.30. The second-order valence-electron chi connectivity index (χ2n) is 3.68. The zero-order valence-corrected chi connectivity index (χ0v) is 10.2. The van der Waals surface area contributed by atoms with Crippen molar-refractivity contribution < 1.29 is 9.63 Å². The van der Waals surface area contributed by atoms with Gasteiger partial charge in [0.1, 0.15) is 17.8 Å². The SMILES string of the molecule is Oc1cc(Cl)ccc1-c1nc(-c2ccncn2)no1. The average Bonchev–Trinajstić information content (AvgIpc) is 2.89. The monoisotopic (exact) mass is 274 g/mol. The van der Waals surface area contributed by atoms with Gasteiger partial charge in [-0.25, -0.2) is 9.97 Å². The Morgan fingerprint density at radius 2 is 2.11 bits per heavy atom. The molecular formula is C12H7ClN4O2. The molecule has 2 heterocycles. The Morgan fingerprint density at radius 3 is 2.84 bits per heavy atom. The van der Waals surface area contributed by atoms with E-state index in [0.717, 1.165) is 0 Å². The molecule has 19 heavy (non-hydrogen) atoms. The smallest absolute Gasteiger partial charge is 0.262 e. The molecule has 3 aromatic rings. The molecule has 2 aromatic heterocycles. The van der Waals surface area contributed by atoms with Gasteiger partial charge in [-0.2, -0.15) is 4.98 Å². The van der Waals surface area contributed by atoms with Crippen molar-refractivity contribution in [2.24, 2.45) is 0 Å². The molecule has 0 amide bonds. The molecule has 0 spiro atoms. The van der Waals surface area contributed by atoms with Crippen LogP contribution in [-0.2, 0) is 0 Å². The first-order chi connectivity index (χ1) is 9.24. The van der Waals surface area contributed by atoms with Crippen molar-refractivity contribution in [3.8, 4) is 28.7 Å². The fourth-order valence-electron chi connectivity index (χ4n) is 1.55. The number of aromatic nitrogens is 4. The summed E-state index contributed by atoms with van der Waals surface area (Å²) in [7, 11) is 0. The molecule has 94 valence electrons. The van der Waals surface area contributed by atoms with Crippen LogP contribution in [0.4, 0.5) is 0 Å². The lowest BCUT2D eigenvalue weighted by molar-refractivity contribution is 0.425. The van der Waals surface area contributed by atoms with Gasteiger partial charge in [0.05, 0.1) is 5.56 Å². The van der Waals surface area contributed by atoms with Crippen LogP contribution in [0, 0.1) is 0 Å². The number of benzene rings is 1. The van der Waals surface area contributed by atoms with E-state index in [1.165, 1.54) is 12.4 Å². The van der Waals surface area contributed by atoms with E-state index in [9.17, 15) is 5.11 Å². The molecule has 0 bridgehead atoms. The Kier molecular flexibility index (Phi) is 2.85. The highest BCUT2D eigenvalue weighted by Gasteiger charge is 2.14. The molecule has 6 nitrogen and oxygen atoms in total. The van der Waals surface area contributed by atoms with Gasteiger partial charge in [0, 0.05) is 11.2 Å². The minimum atomic E-state index is -0.0228. The topological polar surface area (TPSA) is 84.9 Å². The number of phenols is 1. The largest absolute Gasteiger partial charge is 0.507 e. The van der Waals surface area contributed by atoms with Gasteiger partial charge in [0.2, 0.25) is 5.82 Å². The molecule has 7 heteroatoms. The van der Waals surface area contributed by atoms with E-state index >= 15 is 0 Å². The van der Waals surface area contributed by atoms with E-state index in [2.05, 4.69) is 20.1 Å². The van der Waals surface area contributed by atoms with Gasteiger partial charge in [-0.3, -0.25) is 0 Å². The van der Waals surface area contributed by atoms with Gasteiger partial charge in [0.15, 0.2) is 0 Å². The summed E-state index contributed by atoms with van der Waals surface area (Å²) in [4.78, 5) is 12.0. The van der Waals surface area contributed by atoms with E-state index in [-0.39, 0.29) is 11.6 Å². The van der Waals surface area contributed by atoms with Crippen LogP contribution >= 0.6 is 11.6 Å². The van der Waals surface area contributed by atoms with Crippen LogP contribution in [0.3, 0.4) is 0 Å². The normalized spacial score (nSPS) is 10.6. The maximum atomic E-state index is 9.79. The first kappa shape index (κ1) is 11.6. The van der Waals surface area contributed by atoms with E-state index in [4.69, 9.17) is 16.1 Å². The summed E-state index contributed by atoms with van der Waals surface area (Å²) in [5, 5.41) is 14.0. The van der Waals surface area contributed by atoms with Crippen molar-refractivity contribution in [1.29, 1.82) is 0 Å². The van der Waals surface area contributed by atoms with Crippen molar-refractivity contribution >= 4 is 11.6 Å². The van der Waals surface area contributed by atoms with Gasteiger partial charge in [-0.05, 0) is 24.3 Å². The Balaban J connectivity index is 2.02. The number of aromatic hydroxyl groups is 1. The Hall–Kier alpha value is -2.47. The fraction of sp³-hybridized carbons (Fsp3) is 0. The lowest BCUT2D eigenvalue weighted by Gasteiger charge is -1.98. The van der Waals surface area contributed by atoms with E-state index in [0.29, 0.717) is 22.1 Å². The quantitative estimate of drug-likeness (QED) is 0.773. The fourth-order valence-corrected chi connectivity index (χ4v) is 1.71. The van der Waals surface area contributed by atoms with Crippen LogP contribution in [0.2, 0.25) is 5.02 Å². The minimum absolute atomic E-state index is 0.0228. The number of halogens is 1. The summed E-state index contributed by atoms with van der Waals surface area (Å²) in [5.41, 5.74) is 0.954. The molecule has 0 aliphatic heterocycles. The lowest BCUT2D eigenvalue weighted by atomic mass is 10.2. The van der Waals surface area contributed by atoms with Crippen molar-refractivity contribution in [2.45, 2.75) is 0 Å². The average molecular weight is 275 g/mol. The minimum Gasteiger partial charge on any atom is -0.507 e. The third kappa shape index (κ3) is 2.25. The molecule has 0 aliphatic carbocycles. The standard InChI is InChI=1S/C12H7ClN4O2/c13-7-1-2-8(10(18)5-7)12-16-11(17-19-12)9-3-4-14-6-15-9/h1-6,18H. The molecule has 0 aliphatic rings. The Bertz CT molecular complexity index is 715. The van der Waals surface area contributed by atoms with Crippen molar-refractivity contribution in [3.05, 3.63) is 41.8 Å². The number of nitrogens with zero attached hydrogens (tertiary/aromatic N) is 4. The second-order valence-corrected chi connectivity index (χ2v) is 4.12. The zero-order chi connectivity index (χ0) is 13.2. The molecule has 0 atom stereocenters. The highest BCUT2D eigenvalue weighted by Crippen LogP contribution is 2.31. The molecule has 0 radical (unpaired) electrons. The summed E-state index contributed by atoms with van der Waals surface area (Å²) < 4.78 is 5.10. The van der Waals surface area contributed by atoms with Crippen LogP contribution in [0.1, 0.15) is 0 Å². The molecule has 3 rings (SSSR count). The third-order valence-electron chi connectivity index (χ3n) is 2.43. The molecule has 0 saturated heterocycles. The molecule has 0 fully saturated rings. The van der Waals surface area contributed by atoms with Crippen LogP contribution in [0.15, 0.2) is 41.3 Å². The van der Waals surface area contributed by atoms with Gasteiger partial charge >= 0.3 is 0 Å². The third-order valence-corrected chi connectivity index (χ3v) is 2.66. The number of hydrogen-bond acceptors (Lipinski definition) is 6. The maximum Gasteiger partial charge on any atom is 0.262 e. The Labute approximate surface area is 112 Å². The first-order valence-corrected chi connectivity index (χ1v) is 5.71. The summed E-state index contributed by atoms with van der Waals surface area (Å²) >= 11 is 5.76. The van der Waals surface area contributed by atoms with Gasteiger partial charge in [-0.15, -0.1) is 0 Å². The van der Waals surface area contributed by atoms with E-state index in [1.54, 1.807) is 24.4 Å². The predicted molar refractivity (Wildman–Crippen MR) is 67.4 cm³/mol. The summed E-state index contributed by atoms with van der Waals surface area (Å²) in [6.07, 6.45) is 2.98. The summed E-state index contributed by atoms with van der Waals surface area (Å²) in [5.74, 6) is 0.500. The van der Waals surface area contributed by atoms with Gasteiger partial charge in [0.25, 0.3) is 5.89 Å². The van der Waals surface area contributed by atoms with Gasteiger partial charge in [-0.1, -0.05) is 16.8 Å². The number of rotatable bonds is 2. The second kappa shape index (κ2) is 4.66. The summed E-state index contributed by atoms with van der Waals surface area (Å²) in [6, 6.07) is 6.31. The first-order valence-electron chi connectivity index (χ1n) is 5.33. The number of hydrogen-bond donors (Lipinski definition) is 1. The van der Waals surface area contributed by atoms with Crippen LogP contribution in [-0.4, -0.2) is 25.2 Å². The van der Waals surface area contributed by atoms with E-state index < -0.39 is 0 Å². The van der Waals surface area contributed by atoms with Crippen molar-refractivity contribution in [2.75, 3.05) is 0 Å². The molecule has 0 unspecified atom stereocenters. The maximum absolute atomic E-state index is 9.79. The van der Waals surface area contributed by atoms with Crippen LogP contribution in [0.25, 0.3) is 23.0 Å². The molecular weight excluding hydrogens is 268 g/mol. The van der Waals surface area contributed by atoms with Crippen LogP contribution in [0.5, 0.6) is 5.75 Å². The molecule has 0 saturated carbocycles. The van der Waals surface area contributed by atoms with Crippen molar-refractivity contribution in [1.82, 2.24) is 20.1 Å². The lowest BCUT2D eigenvalue weighted by Crippen LogP contribution is -1.86. The van der Waals surface area contributed by atoms with Gasteiger partial charge < -0.3 is 9.63 Å². The highest BCUT2D eigenvalue weighted by atomic mass is 35.5.